The Morgan fingerprint density at radius 3 is 3.04 bits per heavy atom. The second-order valence-corrected chi connectivity index (χ2v) is 7.42. The Morgan fingerprint density at radius 1 is 1.54 bits per heavy atom. The number of hydrogen-bond acceptors (Lipinski definition) is 4. The van der Waals surface area contributed by atoms with E-state index in [9.17, 15) is 4.79 Å². The van der Waals surface area contributed by atoms with E-state index in [0.29, 0.717) is 15.8 Å². The Balaban J connectivity index is 2.11. The van der Waals surface area contributed by atoms with Gasteiger partial charge >= 0.3 is 0 Å². The highest BCUT2D eigenvalue weighted by molar-refractivity contribution is 6.45. The van der Waals surface area contributed by atoms with Gasteiger partial charge in [0, 0.05) is 42.6 Å². The monoisotopic (exact) mass is 417 g/mol. The van der Waals surface area contributed by atoms with Crippen LogP contribution in [0, 0.1) is 11.3 Å². The summed E-state index contributed by atoms with van der Waals surface area (Å²) < 4.78 is 7.79. The summed E-state index contributed by atoms with van der Waals surface area (Å²) >= 11 is 13.0. The van der Waals surface area contributed by atoms with Gasteiger partial charge in [-0.3, -0.25) is 9.89 Å². The molecule has 28 heavy (non-hydrogen) atoms. The van der Waals surface area contributed by atoms with Crippen LogP contribution in [0.2, 0.25) is 10.0 Å². The number of H-pyrrole nitrogens is 1. The van der Waals surface area contributed by atoms with Crippen LogP contribution in [0.5, 0.6) is 5.75 Å². The molecule has 0 radical (unpaired) electrons. The molecule has 1 unspecified atom stereocenters. The molecule has 1 amide bonds. The summed E-state index contributed by atoms with van der Waals surface area (Å²) in [6, 6.07) is 3.44. The number of amides is 1. The third-order valence-corrected chi connectivity index (χ3v) is 5.66. The summed E-state index contributed by atoms with van der Waals surface area (Å²) in [5.41, 5.74) is 3.39. The molecule has 1 aliphatic heterocycles. The lowest BCUT2D eigenvalue weighted by molar-refractivity contribution is -0.119. The number of benzene rings is 1. The highest BCUT2D eigenvalue weighted by Gasteiger charge is 2.32. The van der Waals surface area contributed by atoms with Crippen LogP contribution in [-0.2, 0) is 11.3 Å². The van der Waals surface area contributed by atoms with Crippen molar-refractivity contribution in [2.24, 2.45) is 0 Å². The first-order valence-corrected chi connectivity index (χ1v) is 9.58. The average molecular weight is 418 g/mol. The van der Waals surface area contributed by atoms with Crippen LogP contribution >= 0.6 is 23.2 Å². The maximum atomic E-state index is 11.8. The van der Waals surface area contributed by atoms with Crippen molar-refractivity contribution in [1.29, 1.82) is 5.26 Å². The fraction of sp³-hybridized carbons (Fsp3) is 0.316. The van der Waals surface area contributed by atoms with Crippen molar-refractivity contribution in [1.82, 2.24) is 20.1 Å². The van der Waals surface area contributed by atoms with Crippen molar-refractivity contribution in [3.63, 3.8) is 0 Å². The van der Waals surface area contributed by atoms with Crippen LogP contribution in [0.3, 0.4) is 0 Å². The molecule has 0 saturated carbocycles. The summed E-state index contributed by atoms with van der Waals surface area (Å²) in [5.74, 6) is 0.373. The highest BCUT2D eigenvalue weighted by atomic mass is 35.5. The number of carbonyl (C=O) groups excluding carboxylic acids is 1. The van der Waals surface area contributed by atoms with Crippen LogP contribution in [0.1, 0.15) is 31.5 Å². The topological polar surface area (TPSA) is 95.7 Å². The van der Waals surface area contributed by atoms with Crippen LogP contribution in [-0.4, -0.2) is 27.3 Å². The van der Waals surface area contributed by atoms with Gasteiger partial charge in [0.2, 0.25) is 5.91 Å². The first-order chi connectivity index (χ1) is 13.5. The van der Waals surface area contributed by atoms with Gasteiger partial charge in [0.25, 0.3) is 0 Å². The zero-order chi connectivity index (χ0) is 19.8. The first-order valence-electron chi connectivity index (χ1n) is 8.83. The molecule has 0 spiro atoms. The normalized spacial score (nSPS) is 15.9. The second kappa shape index (κ2) is 7.38. The number of rotatable bonds is 4. The molecule has 2 N–H and O–H groups in total. The second-order valence-electron chi connectivity index (χ2n) is 6.64. The molecule has 0 fully saturated rings. The van der Waals surface area contributed by atoms with Crippen molar-refractivity contribution < 1.29 is 9.53 Å². The number of ether oxygens (including phenoxy) is 1. The molecule has 1 aliphatic rings. The fourth-order valence-electron chi connectivity index (χ4n) is 3.94. The molecular formula is C19H17Cl2N5O2. The van der Waals surface area contributed by atoms with Crippen molar-refractivity contribution in [2.75, 3.05) is 6.61 Å². The number of aromatic nitrogens is 3. The van der Waals surface area contributed by atoms with E-state index in [4.69, 9.17) is 33.2 Å². The summed E-state index contributed by atoms with van der Waals surface area (Å²) in [6.07, 6.45) is 5.18. The number of hydrogen-bond donors (Lipinski definition) is 2. The summed E-state index contributed by atoms with van der Waals surface area (Å²) in [4.78, 5) is 11.8. The van der Waals surface area contributed by atoms with Crippen molar-refractivity contribution in [3.8, 4) is 22.9 Å². The predicted molar refractivity (Wildman–Crippen MR) is 106 cm³/mol. The molecule has 144 valence electrons. The Hall–Kier alpha value is -2.69. The van der Waals surface area contributed by atoms with Gasteiger partial charge in [-0.25, -0.2) is 0 Å². The van der Waals surface area contributed by atoms with Gasteiger partial charge < -0.3 is 14.6 Å². The van der Waals surface area contributed by atoms with Crippen molar-refractivity contribution in [2.45, 2.75) is 32.4 Å². The molecular weight excluding hydrogens is 401 g/mol. The third-order valence-electron chi connectivity index (χ3n) is 4.89. The van der Waals surface area contributed by atoms with Gasteiger partial charge in [-0.2, -0.15) is 10.4 Å². The predicted octanol–water partition coefficient (Wildman–Crippen LogP) is 4.21. The molecule has 7 nitrogen and oxygen atoms in total. The number of halogens is 2. The van der Waals surface area contributed by atoms with E-state index < -0.39 is 0 Å². The van der Waals surface area contributed by atoms with Crippen LogP contribution in [0.25, 0.3) is 22.0 Å². The number of nitriles is 1. The molecule has 1 atom stereocenters. The zero-order valence-corrected chi connectivity index (χ0v) is 16.6. The molecule has 3 aromatic rings. The highest BCUT2D eigenvalue weighted by Crippen LogP contribution is 2.49. The molecule has 1 aromatic carbocycles. The van der Waals surface area contributed by atoms with E-state index in [2.05, 4.69) is 20.1 Å². The molecule has 2 aromatic heterocycles. The molecule has 9 heteroatoms. The van der Waals surface area contributed by atoms with Gasteiger partial charge in [0.1, 0.15) is 11.8 Å². The number of nitrogens with one attached hydrogen (secondary N) is 2. The van der Waals surface area contributed by atoms with Gasteiger partial charge in [0.05, 0.1) is 33.2 Å². The summed E-state index contributed by atoms with van der Waals surface area (Å²) in [6.45, 7) is 2.12. The molecule has 0 saturated heterocycles. The Labute approximate surface area is 171 Å². The van der Waals surface area contributed by atoms with Crippen LogP contribution < -0.4 is 10.1 Å². The standard InChI is InChI=1S/C19H17Cl2N5O2/c1-10(27)25-13-3-2-5-26-18(13)15(11-8-23-24-9-11)16-14(28-6-4-22)7-12(20)17(21)19(16)26/h7-9,13H,2-3,5-6H2,1H3,(H,23,24)(H,25,27). The minimum Gasteiger partial charge on any atom is -0.478 e. The van der Waals surface area contributed by atoms with E-state index in [1.165, 1.54) is 6.92 Å². The molecule has 0 bridgehead atoms. The number of aromatic amines is 1. The lowest BCUT2D eigenvalue weighted by Crippen LogP contribution is -2.31. The third kappa shape index (κ3) is 2.99. The summed E-state index contributed by atoms with van der Waals surface area (Å²) in [5, 5.41) is 20.5. The van der Waals surface area contributed by atoms with E-state index in [1.807, 2.05) is 6.07 Å². The molecule has 3 heterocycles. The number of carbonyl (C=O) groups is 1. The van der Waals surface area contributed by atoms with Crippen molar-refractivity contribution >= 4 is 40.0 Å². The maximum Gasteiger partial charge on any atom is 0.217 e. The van der Waals surface area contributed by atoms with E-state index in [0.717, 1.165) is 47.1 Å². The number of fused-ring (bicyclic) bond motifs is 3. The largest absolute Gasteiger partial charge is 0.478 e. The van der Waals surface area contributed by atoms with E-state index in [-0.39, 0.29) is 18.6 Å². The lowest BCUT2D eigenvalue weighted by Gasteiger charge is -2.27. The molecule has 0 aliphatic carbocycles. The van der Waals surface area contributed by atoms with Gasteiger partial charge in [-0.05, 0) is 12.8 Å². The van der Waals surface area contributed by atoms with Crippen molar-refractivity contribution in [3.05, 3.63) is 34.2 Å². The Morgan fingerprint density at radius 2 is 2.36 bits per heavy atom. The minimum atomic E-state index is -0.179. The Bertz CT molecular complexity index is 1100. The van der Waals surface area contributed by atoms with Crippen LogP contribution in [0.15, 0.2) is 18.5 Å². The molecule has 4 rings (SSSR count). The smallest absolute Gasteiger partial charge is 0.217 e. The number of nitrogens with zero attached hydrogens (tertiary/aromatic N) is 3. The maximum absolute atomic E-state index is 11.8. The van der Waals surface area contributed by atoms with Crippen LogP contribution in [0.4, 0.5) is 0 Å². The first kappa shape index (κ1) is 18.7. The zero-order valence-electron chi connectivity index (χ0n) is 15.1. The average Bonchev–Trinajstić information content (AvgIpc) is 3.29. The SMILES string of the molecule is CC(=O)NC1CCCn2c1c(-c1cn[nH]c1)c1c(OCC#N)cc(Cl)c(Cl)c12. The fourth-order valence-corrected chi connectivity index (χ4v) is 4.38. The van der Waals surface area contributed by atoms with Gasteiger partial charge in [0.15, 0.2) is 6.61 Å². The quantitative estimate of drug-likeness (QED) is 0.664. The van der Waals surface area contributed by atoms with E-state index >= 15 is 0 Å². The lowest BCUT2D eigenvalue weighted by atomic mass is 9.96. The minimum absolute atomic E-state index is 0.105. The summed E-state index contributed by atoms with van der Waals surface area (Å²) in [7, 11) is 0. The Kier molecular flexibility index (Phi) is 4.92. The van der Waals surface area contributed by atoms with Gasteiger partial charge in [-0.15, -0.1) is 0 Å². The van der Waals surface area contributed by atoms with Gasteiger partial charge in [-0.1, -0.05) is 23.2 Å². The number of aryl methyl sites for hydroxylation is 1. The van der Waals surface area contributed by atoms with E-state index in [1.54, 1.807) is 18.5 Å².